The molecule has 2 unspecified atom stereocenters. The van der Waals surface area contributed by atoms with Gasteiger partial charge in [-0.3, -0.25) is 0 Å². The van der Waals surface area contributed by atoms with Crippen molar-refractivity contribution in [3.05, 3.63) is 41.5 Å². The van der Waals surface area contributed by atoms with Gasteiger partial charge in [0.25, 0.3) is 0 Å². The third kappa shape index (κ3) is 5.47. The average molecular weight is 402 g/mol. The van der Waals surface area contributed by atoms with E-state index in [1.165, 1.54) is 5.56 Å². The van der Waals surface area contributed by atoms with Gasteiger partial charge < -0.3 is 24.2 Å². The Kier molecular flexibility index (Phi) is 7.46. The second kappa shape index (κ2) is 10.2. The Morgan fingerprint density at radius 3 is 2.83 bits per heavy atom. The first-order valence-electron chi connectivity index (χ1n) is 10.3. The van der Waals surface area contributed by atoms with Crippen LogP contribution in [0.25, 0.3) is 0 Å². The van der Waals surface area contributed by atoms with E-state index in [2.05, 4.69) is 39.4 Å². The second-order valence-corrected chi connectivity index (χ2v) is 7.02. The molecule has 0 aliphatic carbocycles. The molecule has 2 aromatic rings. The molecule has 1 aliphatic heterocycles. The molecular weight excluding hydrogens is 370 g/mol. The van der Waals surface area contributed by atoms with Crippen molar-refractivity contribution in [3.8, 4) is 5.75 Å². The SMILES string of the molecule is CCNC(=NCc1nc(C(C)OCC)no1)N1CCC(c2ccc(OC)cc2)C1. The number of nitrogens with one attached hydrogen (secondary N) is 1. The summed E-state index contributed by atoms with van der Waals surface area (Å²) in [5.41, 5.74) is 1.33. The zero-order valence-electron chi connectivity index (χ0n) is 17.7. The van der Waals surface area contributed by atoms with Gasteiger partial charge in [-0.05, 0) is 44.9 Å². The summed E-state index contributed by atoms with van der Waals surface area (Å²) in [6, 6.07) is 8.34. The molecule has 8 heteroatoms. The van der Waals surface area contributed by atoms with E-state index in [9.17, 15) is 0 Å². The number of ether oxygens (including phenoxy) is 2. The number of hydrogen-bond donors (Lipinski definition) is 1. The second-order valence-electron chi connectivity index (χ2n) is 7.02. The number of likely N-dealkylation sites (tertiary alicyclic amines) is 1. The molecule has 1 N–H and O–H groups in total. The minimum Gasteiger partial charge on any atom is -0.497 e. The predicted octanol–water partition coefficient (Wildman–Crippen LogP) is 3.13. The number of aliphatic imine (C=N–C) groups is 1. The molecular formula is C21H31N5O3. The van der Waals surface area contributed by atoms with Crippen molar-refractivity contribution in [1.29, 1.82) is 0 Å². The lowest BCUT2D eigenvalue weighted by molar-refractivity contribution is 0.0683. The third-order valence-corrected chi connectivity index (χ3v) is 5.04. The van der Waals surface area contributed by atoms with Crippen LogP contribution in [0.2, 0.25) is 0 Å². The van der Waals surface area contributed by atoms with E-state index in [1.54, 1.807) is 7.11 Å². The van der Waals surface area contributed by atoms with Crippen molar-refractivity contribution >= 4 is 5.96 Å². The predicted molar refractivity (Wildman–Crippen MR) is 111 cm³/mol. The van der Waals surface area contributed by atoms with Crippen molar-refractivity contribution in [1.82, 2.24) is 20.4 Å². The molecule has 0 spiro atoms. The van der Waals surface area contributed by atoms with E-state index in [0.29, 0.717) is 30.8 Å². The molecule has 29 heavy (non-hydrogen) atoms. The maximum absolute atomic E-state index is 5.51. The van der Waals surface area contributed by atoms with Crippen LogP contribution < -0.4 is 10.1 Å². The van der Waals surface area contributed by atoms with E-state index in [1.807, 2.05) is 26.0 Å². The first-order valence-corrected chi connectivity index (χ1v) is 10.3. The van der Waals surface area contributed by atoms with E-state index in [0.717, 1.165) is 37.8 Å². The Hall–Kier alpha value is -2.61. The summed E-state index contributed by atoms with van der Waals surface area (Å²) in [6.45, 7) is 9.57. The van der Waals surface area contributed by atoms with Crippen LogP contribution in [-0.2, 0) is 11.3 Å². The lowest BCUT2D eigenvalue weighted by Gasteiger charge is -2.21. The zero-order chi connectivity index (χ0) is 20.6. The van der Waals surface area contributed by atoms with Crippen LogP contribution in [0.3, 0.4) is 0 Å². The molecule has 0 bridgehead atoms. The molecule has 0 radical (unpaired) electrons. The topological polar surface area (TPSA) is 85.0 Å². The molecule has 0 saturated carbocycles. The van der Waals surface area contributed by atoms with E-state index in [-0.39, 0.29) is 6.10 Å². The lowest BCUT2D eigenvalue weighted by Crippen LogP contribution is -2.40. The van der Waals surface area contributed by atoms with Crippen molar-refractivity contribution in [3.63, 3.8) is 0 Å². The molecule has 1 aliphatic rings. The standard InChI is InChI=1S/C21H31N5O3/c1-5-22-21(23-13-19-24-20(25-29-19)15(3)28-6-2)26-12-11-17(14-26)16-7-9-18(27-4)10-8-16/h7-10,15,17H,5-6,11-14H2,1-4H3,(H,22,23). The summed E-state index contributed by atoms with van der Waals surface area (Å²) in [5.74, 6) is 3.29. The maximum Gasteiger partial charge on any atom is 0.248 e. The van der Waals surface area contributed by atoms with Crippen LogP contribution in [0.4, 0.5) is 0 Å². The Morgan fingerprint density at radius 2 is 2.14 bits per heavy atom. The number of nitrogens with zero attached hydrogens (tertiary/aromatic N) is 4. The quantitative estimate of drug-likeness (QED) is 0.537. The van der Waals surface area contributed by atoms with Crippen LogP contribution >= 0.6 is 0 Å². The van der Waals surface area contributed by atoms with Gasteiger partial charge in [0, 0.05) is 32.2 Å². The fourth-order valence-electron chi connectivity index (χ4n) is 3.49. The summed E-state index contributed by atoms with van der Waals surface area (Å²) < 4.78 is 16.1. The van der Waals surface area contributed by atoms with Crippen molar-refractivity contribution < 1.29 is 14.0 Å². The molecule has 1 saturated heterocycles. The Morgan fingerprint density at radius 1 is 1.34 bits per heavy atom. The van der Waals surface area contributed by atoms with E-state index >= 15 is 0 Å². The molecule has 8 nitrogen and oxygen atoms in total. The molecule has 3 rings (SSSR count). The van der Waals surface area contributed by atoms with E-state index < -0.39 is 0 Å². The van der Waals surface area contributed by atoms with Gasteiger partial charge in [0.15, 0.2) is 11.8 Å². The van der Waals surface area contributed by atoms with Crippen molar-refractivity contribution in [2.45, 2.75) is 45.8 Å². The van der Waals surface area contributed by atoms with Gasteiger partial charge in [-0.1, -0.05) is 17.3 Å². The number of aromatic nitrogens is 2. The first-order chi connectivity index (χ1) is 14.1. The fourth-order valence-corrected chi connectivity index (χ4v) is 3.49. The molecule has 1 aromatic heterocycles. The highest BCUT2D eigenvalue weighted by Crippen LogP contribution is 2.28. The summed E-state index contributed by atoms with van der Waals surface area (Å²) in [7, 11) is 1.69. The summed E-state index contributed by atoms with van der Waals surface area (Å²) in [5, 5.41) is 7.37. The molecule has 0 amide bonds. The van der Waals surface area contributed by atoms with Crippen LogP contribution in [0.1, 0.15) is 56.5 Å². The van der Waals surface area contributed by atoms with E-state index in [4.69, 9.17) is 19.0 Å². The van der Waals surface area contributed by atoms with Gasteiger partial charge in [-0.2, -0.15) is 4.98 Å². The number of benzene rings is 1. The van der Waals surface area contributed by atoms with Crippen molar-refractivity contribution in [2.24, 2.45) is 4.99 Å². The van der Waals surface area contributed by atoms with Crippen LogP contribution in [-0.4, -0.2) is 54.4 Å². The normalized spacial score (nSPS) is 18.1. The van der Waals surface area contributed by atoms with Crippen LogP contribution in [0, 0.1) is 0 Å². The van der Waals surface area contributed by atoms with Gasteiger partial charge in [0.05, 0.1) is 7.11 Å². The Bertz CT molecular complexity index is 790. The Labute approximate surface area is 172 Å². The molecule has 1 fully saturated rings. The average Bonchev–Trinajstić information content (AvgIpc) is 3.41. The van der Waals surface area contributed by atoms with Crippen LogP contribution in [0.15, 0.2) is 33.8 Å². The summed E-state index contributed by atoms with van der Waals surface area (Å²) in [4.78, 5) is 11.4. The van der Waals surface area contributed by atoms with Crippen LogP contribution in [0.5, 0.6) is 5.75 Å². The molecule has 1 aromatic carbocycles. The molecule has 158 valence electrons. The zero-order valence-corrected chi connectivity index (χ0v) is 17.7. The van der Waals surface area contributed by atoms with Gasteiger partial charge in [0.2, 0.25) is 5.89 Å². The number of methoxy groups -OCH3 is 1. The highest BCUT2D eigenvalue weighted by molar-refractivity contribution is 5.80. The first kappa shape index (κ1) is 21.1. The molecule has 2 atom stereocenters. The lowest BCUT2D eigenvalue weighted by atomic mass is 9.98. The highest BCUT2D eigenvalue weighted by Gasteiger charge is 2.26. The fraction of sp³-hybridized carbons (Fsp3) is 0.571. The van der Waals surface area contributed by atoms with Gasteiger partial charge in [-0.15, -0.1) is 0 Å². The third-order valence-electron chi connectivity index (χ3n) is 5.04. The highest BCUT2D eigenvalue weighted by atomic mass is 16.5. The van der Waals surface area contributed by atoms with Gasteiger partial charge >= 0.3 is 0 Å². The smallest absolute Gasteiger partial charge is 0.248 e. The minimum atomic E-state index is -0.182. The maximum atomic E-state index is 5.51. The summed E-state index contributed by atoms with van der Waals surface area (Å²) in [6.07, 6.45) is 0.909. The Balaban J connectivity index is 1.63. The number of rotatable bonds is 8. The monoisotopic (exact) mass is 401 g/mol. The molecule has 2 heterocycles. The van der Waals surface area contributed by atoms with Gasteiger partial charge in [-0.25, -0.2) is 4.99 Å². The summed E-state index contributed by atoms with van der Waals surface area (Å²) >= 11 is 0. The minimum absolute atomic E-state index is 0.182. The number of guanidine groups is 1. The van der Waals surface area contributed by atoms with Crippen molar-refractivity contribution in [2.75, 3.05) is 33.4 Å². The largest absolute Gasteiger partial charge is 0.497 e. The van der Waals surface area contributed by atoms with Gasteiger partial charge in [0.1, 0.15) is 18.4 Å². The number of hydrogen-bond acceptors (Lipinski definition) is 6.